The van der Waals surface area contributed by atoms with E-state index in [2.05, 4.69) is 13.0 Å². The Kier molecular flexibility index (Phi) is 3.12. The van der Waals surface area contributed by atoms with Gasteiger partial charge in [0.2, 0.25) is 0 Å². The Morgan fingerprint density at radius 3 is 2.67 bits per heavy atom. The molecule has 1 aromatic rings. The molecule has 0 heterocycles. The molecule has 2 heteroatoms. The number of aryl methyl sites for hydroxylation is 1. The van der Waals surface area contributed by atoms with Gasteiger partial charge in [-0.3, -0.25) is 0 Å². The molecule has 0 fully saturated rings. The molecule has 1 rings (SSSR count). The van der Waals surface area contributed by atoms with Crippen molar-refractivity contribution in [1.29, 1.82) is 0 Å². The van der Waals surface area contributed by atoms with Crippen LogP contribution in [0.3, 0.4) is 0 Å². The lowest BCUT2D eigenvalue weighted by Gasteiger charge is -2.08. The van der Waals surface area contributed by atoms with Gasteiger partial charge in [0.15, 0.2) is 0 Å². The molecule has 66 valence electrons. The zero-order chi connectivity index (χ0) is 9.14. The van der Waals surface area contributed by atoms with Gasteiger partial charge in [-0.2, -0.15) is 0 Å². The fourth-order valence-corrected chi connectivity index (χ4v) is 1.40. The molecule has 0 saturated heterocycles. The summed E-state index contributed by atoms with van der Waals surface area (Å²) in [4.78, 5) is 0. The number of hydrogen-bond acceptors (Lipinski definition) is 1. The van der Waals surface area contributed by atoms with Crippen molar-refractivity contribution < 1.29 is 0 Å². The van der Waals surface area contributed by atoms with Crippen LogP contribution in [0.1, 0.15) is 31.0 Å². The molecule has 2 N–H and O–H groups in total. The van der Waals surface area contributed by atoms with Crippen LogP contribution >= 0.6 is 11.6 Å². The first kappa shape index (κ1) is 9.56. The largest absolute Gasteiger partial charge is 0.324 e. The first-order chi connectivity index (χ1) is 5.65. The summed E-state index contributed by atoms with van der Waals surface area (Å²) in [6, 6.07) is 6.06. The fraction of sp³-hybridized carbons (Fsp3) is 0.400. The van der Waals surface area contributed by atoms with Gasteiger partial charge < -0.3 is 5.73 Å². The van der Waals surface area contributed by atoms with Gasteiger partial charge in [0, 0.05) is 11.1 Å². The Morgan fingerprint density at radius 1 is 1.50 bits per heavy atom. The van der Waals surface area contributed by atoms with Crippen molar-refractivity contribution in [3.8, 4) is 0 Å². The molecule has 0 spiro atoms. The van der Waals surface area contributed by atoms with Crippen molar-refractivity contribution in [1.82, 2.24) is 0 Å². The highest BCUT2D eigenvalue weighted by atomic mass is 35.5. The monoisotopic (exact) mass is 183 g/mol. The highest BCUT2D eigenvalue weighted by molar-refractivity contribution is 6.31. The minimum atomic E-state index is 0.0903. The lowest BCUT2D eigenvalue weighted by atomic mass is 10.0. The van der Waals surface area contributed by atoms with Crippen LogP contribution < -0.4 is 5.73 Å². The van der Waals surface area contributed by atoms with Gasteiger partial charge in [0.25, 0.3) is 0 Å². The topological polar surface area (TPSA) is 26.0 Å². The summed E-state index contributed by atoms with van der Waals surface area (Å²) in [5, 5.41) is 0.835. The molecule has 0 aliphatic rings. The van der Waals surface area contributed by atoms with E-state index in [4.69, 9.17) is 17.3 Å². The lowest BCUT2D eigenvalue weighted by molar-refractivity contribution is 0.815. The molecule has 0 saturated carbocycles. The predicted octanol–water partition coefficient (Wildman–Crippen LogP) is 2.92. The first-order valence-corrected chi connectivity index (χ1v) is 4.56. The van der Waals surface area contributed by atoms with Crippen molar-refractivity contribution in [2.75, 3.05) is 0 Å². The Bertz CT molecular complexity index is 269. The van der Waals surface area contributed by atoms with Crippen LogP contribution in [-0.4, -0.2) is 0 Å². The second-order valence-electron chi connectivity index (χ2n) is 2.99. The third-order valence-electron chi connectivity index (χ3n) is 1.98. The highest BCUT2D eigenvalue weighted by Crippen LogP contribution is 2.20. The van der Waals surface area contributed by atoms with Crippen LogP contribution in [0.2, 0.25) is 5.02 Å². The van der Waals surface area contributed by atoms with E-state index in [9.17, 15) is 0 Å². The minimum Gasteiger partial charge on any atom is -0.324 e. The minimum absolute atomic E-state index is 0.0903. The van der Waals surface area contributed by atoms with Gasteiger partial charge >= 0.3 is 0 Å². The number of benzene rings is 1. The second-order valence-corrected chi connectivity index (χ2v) is 3.40. The molecular weight excluding hydrogens is 170 g/mol. The number of rotatable bonds is 2. The second kappa shape index (κ2) is 3.92. The molecule has 1 unspecified atom stereocenters. The van der Waals surface area contributed by atoms with E-state index in [0.717, 1.165) is 17.0 Å². The van der Waals surface area contributed by atoms with Crippen molar-refractivity contribution in [2.24, 2.45) is 5.73 Å². The SMILES string of the molecule is CCc1cc(C(C)N)ccc1Cl. The zero-order valence-electron chi connectivity index (χ0n) is 7.47. The quantitative estimate of drug-likeness (QED) is 0.750. The summed E-state index contributed by atoms with van der Waals surface area (Å²) in [5.74, 6) is 0. The van der Waals surface area contributed by atoms with E-state index in [1.807, 2.05) is 19.1 Å². The summed E-state index contributed by atoms with van der Waals surface area (Å²) in [7, 11) is 0. The fourth-order valence-electron chi connectivity index (χ4n) is 1.15. The van der Waals surface area contributed by atoms with E-state index in [1.165, 1.54) is 5.56 Å². The molecule has 1 aromatic carbocycles. The lowest BCUT2D eigenvalue weighted by Crippen LogP contribution is -2.05. The average Bonchev–Trinajstić information content (AvgIpc) is 2.05. The first-order valence-electron chi connectivity index (χ1n) is 4.19. The van der Waals surface area contributed by atoms with Crippen molar-refractivity contribution in [2.45, 2.75) is 26.3 Å². The van der Waals surface area contributed by atoms with Crippen molar-refractivity contribution in [3.63, 3.8) is 0 Å². The Morgan fingerprint density at radius 2 is 2.17 bits per heavy atom. The van der Waals surface area contributed by atoms with Crippen LogP contribution in [0, 0.1) is 0 Å². The molecule has 0 amide bonds. The molecule has 0 aromatic heterocycles. The van der Waals surface area contributed by atoms with Gasteiger partial charge in [0.1, 0.15) is 0 Å². The number of halogens is 1. The number of hydrogen-bond donors (Lipinski definition) is 1. The Labute approximate surface area is 78.5 Å². The highest BCUT2D eigenvalue weighted by Gasteiger charge is 2.02. The zero-order valence-corrected chi connectivity index (χ0v) is 8.23. The number of nitrogens with two attached hydrogens (primary N) is 1. The molecule has 0 aliphatic carbocycles. The third kappa shape index (κ3) is 1.99. The molecular formula is C10H14ClN. The summed E-state index contributed by atoms with van der Waals surface area (Å²) < 4.78 is 0. The van der Waals surface area contributed by atoms with Gasteiger partial charge in [-0.15, -0.1) is 0 Å². The molecule has 0 aliphatic heterocycles. The van der Waals surface area contributed by atoms with Crippen molar-refractivity contribution >= 4 is 11.6 Å². The standard InChI is InChI=1S/C10H14ClN/c1-3-8-6-9(7(2)12)4-5-10(8)11/h4-7H,3,12H2,1-2H3. The maximum absolute atomic E-state index is 5.96. The predicted molar refractivity (Wildman–Crippen MR) is 53.4 cm³/mol. The van der Waals surface area contributed by atoms with E-state index >= 15 is 0 Å². The van der Waals surface area contributed by atoms with Gasteiger partial charge in [-0.25, -0.2) is 0 Å². The van der Waals surface area contributed by atoms with Gasteiger partial charge in [0.05, 0.1) is 0 Å². The maximum Gasteiger partial charge on any atom is 0.0438 e. The third-order valence-corrected chi connectivity index (χ3v) is 2.35. The van der Waals surface area contributed by atoms with Crippen LogP contribution in [-0.2, 0) is 6.42 Å². The van der Waals surface area contributed by atoms with E-state index in [-0.39, 0.29) is 6.04 Å². The summed E-state index contributed by atoms with van der Waals surface area (Å²) >= 11 is 5.96. The van der Waals surface area contributed by atoms with Crippen molar-refractivity contribution in [3.05, 3.63) is 34.3 Å². The molecule has 1 atom stereocenters. The van der Waals surface area contributed by atoms with Gasteiger partial charge in [-0.1, -0.05) is 30.7 Å². The smallest absolute Gasteiger partial charge is 0.0438 e. The van der Waals surface area contributed by atoms with E-state index in [1.54, 1.807) is 0 Å². The van der Waals surface area contributed by atoms with Crippen LogP contribution in [0.4, 0.5) is 0 Å². The average molecular weight is 184 g/mol. The summed E-state index contributed by atoms with van der Waals surface area (Å²) in [6.45, 7) is 4.06. The normalized spacial score (nSPS) is 13.0. The van der Waals surface area contributed by atoms with Crippen LogP contribution in [0.5, 0.6) is 0 Å². The molecule has 0 radical (unpaired) electrons. The van der Waals surface area contributed by atoms with Crippen LogP contribution in [0.25, 0.3) is 0 Å². The Hall–Kier alpha value is -0.530. The molecule has 0 bridgehead atoms. The maximum atomic E-state index is 5.96. The van der Waals surface area contributed by atoms with E-state index in [0.29, 0.717) is 0 Å². The summed E-state index contributed by atoms with van der Waals surface area (Å²) in [5.41, 5.74) is 8.07. The Balaban J connectivity index is 3.05. The molecule has 1 nitrogen and oxygen atoms in total. The van der Waals surface area contributed by atoms with E-state index < -0.39 is 0 Å². The van der Waals surface area contributed by atoms with Gasteiger partial charge in [-0.05, 0) is 30.5 Å². The summed E-state index contributed by atoms with van der Waals surface area (Å²) in [6.07, 6.45) is 0.958. The molecule has 12 heavy (non-hydrogen) atoms. The van der Waals surface area contributed by atoms with Crippen LogP contribution in [0.15, 0.2) is 18.2 Å².